The summed E-state index contributed by atoms with van der Waals surface area (Å²) in [5, 5.41) is 6.09. The minimum Gasteiger partial charge on any atom is -0.493 e. The Labute approximate surface area is 228 Å². The summed E-state index contributed by atoms with van der Waals surface area (Å²) in [4.78, 5) is 42.1. The quantitative estimate of drug-likeness (QED) is 0.489. The summed E-state index contributed by atoms with van der Waals surface area (Å²) >= 11 is 0. The Morgan fingerprint density at radius 1 is 0.821 bits per heavy atom. The van der Waals surface area contributed by atoms with Crippen molar-refractivity contribution in [2.24, 2.45) is 5.73 Å². The number of rotatable bonds is 7. The van der Waals surface area contributed by atoms with Crippen LogP contribution in [-0.2, 0) is 4.74 Å². The Kier molecular flexibility index (Phi) is 9.13. The van der Waals surface area contributed by atoms with Crippen molar-refractivity contribution in [1.82, 2.24) is 10.2 Å². The van der Waals surface area contributed by atoms with E-state index >= 15 is 0 Å². The summed E-state index contributed by atoms with van der Waals surface area (Å²) < 4.78 is 15.5. The van der Waals surface area contributed by atoms with Crippen molar-refractivity contribution in [1.29, 1.82) is 0 Å². The number of carbonyl (C=O) groups excluding carboxylic acids is 3. The van der Waals surface area contributed by atoms with Gasteiger partial charge in [0, 0.05) is 49.4 Å². The molecule has 1 aliphatic heterocycles. The summed E-state index contributed by atoms with van der Waals surface area (Å²) in [7, 11) is 4.40. The lowest BCUT2D eigenvalue weighted by atomic mass is 9.91. The Morgan fingerprint density at radius 3 is 2.10 bits per heavy atom. The second kappa shape index (κ2) is 12.7. The van der Waals surface area contributed by atoms with Crippen LogP contribution in [0.15, 0.2) is 36.4 Å². The van der Waals surface area contributed by atoms with Gasteiger partial charge in [0.1, 0.15) is 0 Å². The second-order valence-corrected chi connectivity index (χ2v) is 9.79. The van der Waals surface area contributed by atoms with Crippen LogP contribution in [0, 0.1) is 0 Å². The molecule has 2 aromatic rings. The molecule has 0 unspecified atom stereocenters. The number of piperazine rings is 1. The van der Waals surface area contributed by atoms with Crippen LogP contribution in [0.3, 0.4) is 0 Å². The lowest BCUT2D eigenvalue weighted by Gasteiger charge is -2.36. The van der Waals surface area contributed by atoms with E-state index in [4.69, 9.17) is 19.9 Å². The van der Waals surface area contributed by atoms with E-state index in [-0.39, 0.29) is 30.0 Å². The molecule has 0 bridgehead atoms. The number of hydrogen-bond acceptors (Lipinski definition) is 8. The number of nitrogens with one attached hydrogen (secondary N) is 2. The van der Waals surface area contributed by atoms with Gasteiger partial charge in [0.25, 0.3) is 11.8 Å². The molecule has 4 rings (SSSR count). The number of benzene rings is 2. The molecule has 39 heavy (non-hydrogen) atoms. The average Bonchev–Trinajstić information content (AvgIpc) is 2.97. The standard InChI is InChI=1S/C28H37N5O6/c1-37-24-11-5-19(17-25(24)38-2)27(35)31-22-16-18(26(34)30-21-8-6-20(29)7-9-21)4-10-23(22)32-12-14-33(15-13-32)28(36)39-3/h4-5,10-11,16-17,20-21H,6-9,12-15,29H2,1-3H3,(H,30,34)(H,31,35). The van der Waals surface area contributed by atoms with Crippen molar-refractivity contribution in [2.75, 3.05) is 57.7 Å². The van der Waals surface area contributed by atoms with Gasteiger partial charge in [0.15, 0.2) is 11.5 Å². The van der Waals surface area contributed by atoms with E-state index in [2.05, 4.69) is 15.5 Å². The third-order valence-electron chi connectivity index (χ3n) is 7.31. The predicted molar refractivity (Wildman–Crippen MR) is 148 cm³/mol. The Bertz CT molecular complexity index is 1190. The van der Waals surface area contributed by atoms with Gasteiger partial charge >= 0.3 is 6.09 Å². The second-order valence-electron chi connectivity index (χ2n) is 9.79. The third-order valence-corrected chi connectivity index (χ3v) is 7.31. The van der Waals surface area contributed by atoms with Gasteiger partial charge in [-0.1, -0.05) is 0 Å². The molecule has 3 amide bonds. The summed E-state index contributed by atoms with van der Waals surface area (Å²) in [5.41, 5.74) is 8.09. The molecule has 0 spiro atoms. The van der Waals surface area contributed by atoms with Crippen molar-refractivity contribution in [3.8, 4) is 11.5 Å². The zero-order valence-electron chi connectivity index (χ0n) is 22.7. The van der Waals surface area contributed by atoms with Gasteiger partial charge < -0.3 is 40.4 Å². The maximum Gasteiger partial charge on any atom is 0.409 e. The molecule has 1 aliphatic carbocycles. The van der Waals surface area contributed by atoms with Gasteiger partial charge in [0.05, 0.1) is 32.7 Å². The predicted octanol–water partition coefficient (Wildman–Crippen LogP) is 2.84. The molecular weight excluding hydrogens is 502 g/mol. The van der Waals surface area contributed by atoms with Gasteiger partial charge in [-0.15, -0.1) is 0 Å². The number of anilines is 2. The first-order valence-electron chi connectivity index (χ1n) is 13.1. The number of nitrogens with two attached hydrogens (primary N) is 1. The van der Waals surface area contributed by atoms with E-state index in [1.165, 1.54) is 21.3 Å². The van der Waals surface area contributed by atoms with Gasteiger partial charge in [0.2, 0.25) is 0 Å². The van der Waals surface area contributed by atoms with E-state index < -0.39 is 0 Å². The smallest absolute Gasteiger partial charge is 0.409 e. The molecule has 210 valence electrons. The Morgan fingerprint density at radius 2 is 1.46 bits per heavy atom. The van der Waals surface area contributed by atoms with Crippen LogP contribution in [0.1, 0.15) is 46.4 Å². The molecule has 1 saturated heterocycles. The summed E-state index contributed by atoms with van der Waals surface area (Å²) in [6, 6.07) is 10.5. The van der Waals surface area contributed by atoms with Crippen LogP contribution < -0.4 is 30.7 Å². The topological polar surface area (TPSA) is 135 Å². The molecule has 11 heteroatoms. The highest BCUT2D eigenvalue weighted by Gasteiger charge is 2.25. The lowest BCUT2D eigenvalue weighted by Crippen LogP contribution is -2.49. The molecule has 11 nitrogen and oxygen atoms in total. The van der Waals surface area contributed by atoms with Crippen LogP contribution in [0.25, 0.3) is 0 Å². The van der Waals surface area contributed by atoms with E-state index in [1.54, 1.807) is 35.2 Å². The molecule has 2 aliphatic rings. The highest BCUT2D eigenvalue weighted by Crippen LogP contribution is 2.31. The largest absolute Gasteiger partial charge is 0.493 e. The van der Waals surface area contributed by atoms with Gasteiger partial charge in [-0.3, -0.25) is 9.59 Å². The fourth-order valence-corrected chi connectivity index (χ4v) is 5.02. The first-order chi connectivity index (χ1) is 18.8. The minimum absolute atomic E-state index is 0.0770. The molecule has 2 aromatic carbocycles. The highest BCUT2D eigenvalue weighted by molar-refractivity contribution is 6.07. The van der Waals surface area contributed by atoms with Gasteiger partial charge in [-0.05, 0) is 62.1 Å². The number of amides is 3. The monoisotopic (exact) mass is 539 g/mol. The van der Waals surface area contributed by atoms with Crippen molar-refractivity contribution in [3.05, 3.63) is 47.5 Å². The molecule has 1 saturated carbocycles. The average molecular weight is 540 g/mol. The van der Waals surface area contributed by atoms with Crippen LogP contribution in [0.2, 0.25) is 0 Å². The van der Waals surface area contributed by atoms with Crippen molar-refractivity contribution in [3.63, 3.8) is 0 Å². The van der Waals surface area contributed by atoms with Crippen LogP contribution in [0.4, 0.5) is 16.2 Å². The molecule has 0 aromatic heterocycles. The third kappa shape index (κ3) is 6.72. The van der Waals surface area contributed by atoms with Gasteiger partial charge in [-0.25, -0.2) is 4.79 Å². The van der Waals surface area contributed by atoms with E-state index in [0.29, 0.717) is 54.5 Å². The lowest BCUT2D eigenvalue weighted by molar-refractivity contribution is 0.0924. The minimum atomic E-state index is -0.368. The number of hydrogen-bond donors (Lipinski definition) is 3. The first-order valence-corrected chi connectivity index (χ1v) is 13.1. The van der Waals surface area contributed by atoms with E-state index in [0.717, 1.165) is 31.4 Å². The number of ether oxygens (including phenoxy) is 3. The summed E-state index contributed by atoms with van der Waals surface area (Å²) in [6.45, 7) is 2.04. The summed E-state index contributed by atoms with van der Waals surface area (Å²) in [6.07, 6.45) is 3.09. The first kappa shape index (κ1) is 28.0. The fourth-order valence-electron chi connectivity index (χ4n) is 5.02. The summed E-state index contributed by atoms with van der Waals surface area (Å²) in [5.74, 6) is 0.397. The fraction of sp³-hybridized carbons (Fsp3) is 0.464. The van der Waals surface area contributed by atoms with Crippen molar-refractivity contribution < 1.29 is 28.6 Å². The van der Waals surface area contributed by atoms with Crippen molar-refractivity contribution in [2.45, 2.75) is 37.8 Å². The molecule has 0 radical (unpaired) electrons. The zero-order chi connectivity index (χ0) is 27.9. The number of carbonyl (C=O) groups is 3. The van der Waals surface area contributed by atoms with Crippen LogP contribution >= 0.6 is 0 Å². The van der Waals surface area contributed by atoms with Gasteiger partial charge in [-0.2, -0.15) is 0 Å². The maximum atomic E-state index is 13.3. The van der Waals surface area contributed by atoms with Crippen LogP contribution in [-0.4, -0.2) is 82.4 Å². The van der Waals surface area contributed by atoms with Crippen molar-refractivity contribution >= 4 is 29.3 Å². The van der Waals surface area contributed by atoms with E-state index in [9.17, 15) is 14.4 Å². The molecule has 2 fully saturated rings. The van der Waals surface area contributed by atoms with E-state index in [1.807, 2.05) is 6.07 Å². The zero-order valence-corrected chi connectivity index (χ0v) is 22.7. The SMILES string of the molecule is COC(=O)N1CCN(c2ccc(C(=O)NC3CCC(N)CC3)cc2NC(=O)c2ccc(OC)c(OC)c2)CC1. The van der Waals surface area contributed by atoms with Crippen LogP contribution in [0.5, 0.6) is 11.5 Å². The molecule has 1 heterocycles. The molecular formula is C28H37N5O6. The Balaban J connectivity index is 1.57. The Hall–Kier alpha value is -3.99. The molecule has 0 atom stereocenters. The normalized spacial score (nSPS) is 19.2. The molecule has 4 N–H and O–H groups in total. The number of methoxy groups -OCH3 is 3. The number of nitrogens with zero attached hydrogens (tertiary/aromatic N) is 2. The maximum absolute atomic E-state index is 13.3. The highest BCUT2D eigenvalue weighted by atomic mass is 16.5.